The molecule has 0 saturated carbocycles. The minimum atomic E-state index is -0.857. The molecule has 0 saturated heterocycles. The first-order valence-corrected chi connectivity index (χ1v) is 22.6. The summed E-state index contributed by atoms with van der Waals surface area (Å²) in [5.74, 6) is -0.0698. The van der Waals surface area contributed by atoms with Gasteiger partial charge in [0.2, 0.25) is 5.91 Å². The summed E-state index contributed by atoms with van der Waals surface area (Å²) in [7, 11) is 0. The zero-order valence-electron chi connectivity index (χ0n) is 33.9. The van der Waals surface area contributed by atoms with E-state index in [1.54, 1.807) is 6.08 Å². The monoisotopic (exact) mass is 704 g/mol. The van der Waals surface area contributed by atoms with Crippen molar-refractivity contribution in [2.45, 2.75) is 257 Å². The lowest BCUT2D eigenvalue weighted by atomic mass is 10.0. The molecule has 50 heavy (non-hydrogen) atoms. The average molecular weight is 704 g/mol. The van der Waals surface area contributed by atoms with Gasteiger partial charge in [-0.2, -0.15) is 0 Å². The molecule has 0 aromatic carbocycles. The smallest absolute Gasteiger partial charge is 0.220 e. The van der Waals surface area contributed by atoms with E-state index in [-0.39, 0.29) is 12.5 Å². The van der Waals surface area contributed by atoms with E-state index < -0.39 is 12.1 Å². The van der Waals surface area contributed by atoms with Crippen molar-refractivity contribution in [2.75, 3.05) is 6.61 Å². The van der Waals surface area contributed by atoms with Gasteiger partial charge >= 0.3 is 0 Å². The zero-order valence-corrected chi connectivity index (χ0v) is 33.9. The Morgan fingerprint density at radius 1 is 0.460 bits per heavy atom. The van der Waals surface area contributed by atoms with Gasteiger partial charge in [0.05, 0.1) is 18.8 Å². The van der Waals surface area contributed by atoms with E-state index in [0.29, 0.717) is 6.42 Å². The van der Waals surface area contributed by atoms with Gasteiger partial charge in [0.15, 0.2) is 0 Å². The van der Waals surface area contributed by atoms with Crippen LogP contribution in [0.2, 0.25) is 0 Å². The molecule has 3 N–H and O–H groups in total. The van der Waals surface area contributed by atoms with Gasteiger partial charge in [-0.25, -0.2) is 0 Å². The number of aliphatic hydroxyl groups is 2. The third-order valence-electron chi connectivity index (χ3n) is 10.4. The molecule has 0 aliphatic carbocycles. The molecule has 0 radical (unpaired) electrons. The molecule has 0 fully saturated rings. The van der Waals surface area contributed by atoms with E-state index in [1.807, 2.05) is 6.08 Å². The third kappa shape index (κ3) is 38.1. The predicted molar refractivity (Wildman–Crippen MR) is 221 cm³/mol. The summed E-state index contributed by atoms with van der Waals surface area (Å²) >= 11 is 0. The summed E-state index contributed by atoms with van der Waals surface area (Å²) in [6.45, 7) is 4.31. The van der Waals surface area contributed by atoms with Crippen molar-refractivity contribution in [1.82, 2.24) is 5.32 Å². The van der Waals surface area contributed by atoms with Gasteiger partial charge in [-0.3, -0.25) is 4.79 Å². The maximum Gasteiger partial charge on any atom is 0.220 e. The third-order valence-corrected chi connectivity index (χ3v) is 10.4. The fraction of sp³-hybridized carbons (Fsp3) is 0.891. The number of hydrogen-bond acceptors (Lipinski definition) is 3. The van der Waals surface area contributed by atoms with E-state index >= 15 is 0 Å². The van der Waals surface area contributed by atoms with Gasteiger partial charge in [0.1, 0.15) is 0 Å². The maximum absolute atomic E-state index is 12.4. The molecular weight excluding hydrogens is 615 g/mol. The highest BCUT2D eigenvalue weighted by atomic mass is 16.3. The number of hydrogen-bond donors (Lipinski definition) is 3. The molecule has 0 rings (SSSR count). The molecule has 0 bridgehead atoms. The molecule has 4 nitrogen and oxygen atoms in total. The van der Waals surface area contributed by atoms with Crippen molar-refractivity contribution < 1.29 is 15.0 Å². The molecule has 296 valence electrons. The van der Waals surface area contributed by atoms with Gasteiger partial charge in [-0.05, 0) is 32.1 Å². The normalized spacial score (nSPS) is 13.1. The lowest BCUT2D eigenvalue weighted by molar-refractivity contribution is -0.123. The van der Waals surface area contributed by atoms with Crippen LogP contribution in [0.3, 0.4) is 0 Å². The van der Waals surface area contributed by atoms with Gasteiger partial charge in [-0.1, -0.05) is 231 Å². The summed E-state index contributed by atoms with van der Waals surface area (Å²) < 4.78 is 0. The fourth-order valence-corrected chi connectivity index (χ4v) is 6.96. The first kappa shape index (κ1) is 48.9. The quantitative estimate of drug-likeness (QED) is 0.0438. The highest BCUT2D eigenvalue weighted by molar-refractivity contribution is 5.76. The molecule has 0 aromatic rings. The lowest BCUT2D eigenvalue weighted by Crippen LogP contribution is -2.45. The number of unbranched alkanes of at least 4 members (excludes halogenated alkanes) is 32. The van der Waals surface area contributed by atoms with Crippen molar-refractivity contribution in [3.8, 4) is 0 Å². The second-order valence-electron chi connectivity index (χ2n) is 15.5. The Morgan fingerprint density at radius 3 is 1.16 bits per heavy atom. The van der Waals surface area contributed by atoms with Crippen LogP contribution in [0.15, 0.2) is 24.3 Å². The highest BCUT2D eigenvalue weighted by Crippen LogP contribution is 2.16. The minimum absolute atomic E-state index is 0.0698. The van der Waals surface area contributed by atoms with E-state index in [9.17, 15) is 15.0 Å². The molecule has 0 aromatic heterocycles. The molecule has 2 unspecified atom stereocenters. The highest BCUT2D eigenvalue weighted by Gasteiger charge is 2.17. The zero-order chi connectivity index (χ0) is 36.4. The van der Waals surface area contributed by atoms with Crippen molar-refractivity contribution in [3.63, 3.8) is 0 Å². The second kappa shape index (κ2) is 42.3. The molecule has 0 heterocycles. The van der Waals surface area contributed by atoms with Crippen LogP contribution in [0, 0.1) is 0 Å². The van der Waals surface area contributed by atoms with Crippen LogP contribution in [0.5, 0.6) is 0 Å². The fourth-order valence-electron chi connectivity index (χ4n) is 6.96. The van der Waals surface area contributed by atoms with Crippen LogP contribution in [0.4, 0.5) is 0 Å². The van der Waals surface area contributed by atoms with E-state index in [2.05, 4.69) is 31.3 Å². The van der Waals surface area contributed by atoms with Crippen molar-refractivity contribution >= 4 is 5.91 Å². The summed E-state index contributed by atoms with van der Waals surface area (Å²) in [5.41, 5.74) is 0. The van der Waals surface area contributed by atoms with Crippen LogP contribution in [0.25, 0.3) is 0 Å². The van der Waals surface area contributed by atoms with Crippen molar-refractivity contribution in [3.05, 3.63) is 24.3 Å². The molecule has 4 heteroatoms. The number of aliphatic hydroxyl groups excluding tert-OH is 2. The standard InChI is InChI=1S/C46H89NO3/c1-3-5-7-9-11-13-15-17-19-21-22-23-24-26-28-30-32-34-36-38-40-42-46(50)47-44(43-48)45(49)41-39-37-35-33-31-29-27-25-20-18-16-14-12-10-8-6-4-2/h31,33,39,41,44-45,48-49H,3-30,32,34-38,40,42-43H2,1-2H3,(H,47,50)/b33-31+,41-39+. The second-order valence-corrected chi connectivity index (χ2v) is 15.5. The SMILES string of the molecule is CCCCCCCCCCCCC/C=C/CC/C=C/C(O)C(CO)NC(=O)CCCCCCCCCCCCCCCCCCCCCCC. The summed E-state index contributed by atoms with van der Waals surface area (Å²) in [5, 5.41) is 23.0. The van der Waals surface area contributed by atoms with Crippen LogP contribution in [0.1, 0.15) is 245 Å². The van der Waals surface area contributed by atoms with E-state index in [1.165, 1.54) is 193 Å². The average Bonchev–Trinajstić information content (AvgIpc) is 3.12. The molecule has 0 aliphatic heterocycles. The van der Waals surface area contributed by atoms with Gasteiger partial charge in [0, 0.05) is 6.42 Å². The summed E-state index contributed by atoms with van der Waals surface area (Å²) in [6.07, 6.45) is 54.3. The lowest BCUT2D eigenvalue weighted by Gasteiger charge is -2.19. The van der Waals surface area contributed by atoms with Crippen LogP contribution >= 0.6 is 0 Å². The van der Waals surface area contributed by atoms with Crippen LogP contribution in [-0.2, 0) is 4.79 Å². The van der Waals surface area contributed by atoms with Crippen molar-refractivity contribution in [1.29, 1.82) is 0 Å². The number of allylic oxidation sites excluding steroid dienone is 3. The Morgan fingerprint density at radius 2 is 0.780 bits per heavy atom. The maximum atomic E-state index is 12.4. The molecule has 1 amide bonds. The Bertz CT molecular complexity index is 720. The van der Waals surface area contributed by atoms with Crippen LogP contribution < -0.4 is 5.32 Å². The predicted octanol–water partition coefficient (Wildman–Crippen LogP) is 14.0. The summed E-state index contributed by atoms with van der Waals surface area (Å²) in [6, 6.07) is -0.634. The first-order valence-electron chi connectivity index (χ1n) is 22.6. The van der Waals surface area contributed by atoms with E-state index in [0.717, 1.165) is 32.1 Å². The minimum Gasteiger partial charge on any atom is -0.394 e. The van der Waals surface area contributed by atoms with Crippen molar-refractivity contribution in [2.24, 2.45) is 0 Å². The number of carbonyl (C=O) groups excluding carboxylic acids is 1. The number of nitrogens with one attached hydrogen (secondary N) is 1. The van der Waals surface area contributed by atoms with E-state index in [4.69, 9.17) is 0 Å². The molecule has 0 aliphatic rings. The Hall–Kier alpha value is -1.13. The number of carbonyl (C=O) groups is 1. The largest absolute Gasteiger partial charge is 0.394 e. The molecule has 2 atom stereocenters. The van der Waals surface area contributed by atoms with Gasteiger partial charge in [0.25, 0.3) is 0 Å². The van der Waals surface area contributed by atoms with Crippen LogP contribution in [-0.4, -0.2) is 34.9 Å². The Labute approximate surface area is 313 Å². The van der Waals surface area contributed by atoms with Gasteiger partial charge in [-0.15, -0.1) is 0 Å². The Balaban J connectivity index is 3.55. The Kier molecular flexibility index (Phi) is 41.3. The summed E-state index contributed by atoms with van der Waals surface area (Å²) in [4.78, 5) is 12.4. The number of rotatable bonds is 41. The molecular formula is C46H89NO3. The number of amides is 1. The first-order chi connectivity index (χ1) is 24.7. The van der Waals surface area contributed by atoms with Gasteiger partial charge < -0.3 is 15.5 Å². The molecule has 0 spiro atoms. The topological polar surface area (TPSA) is 69.6 Å².